The van der Waals surface area contributed by atoms with E-state index in [1.54, 1.807) is 0 Å². The van der Waals surface area contributed by atoms with Crippen LogP contribution in [0.15, 0.2) is 30.5 Å². The molecular formula is C18H23F3N4O3. The van der Waals surface area contributed by atoms with Gasteiger partial charge in [-0.3, -0.25) is 0 Å². The van der Waals surface area contributed by atoms with Gasteiger partial charge >= 0.3 is 12.1 Å². The predicted octanol–water partition coefficient (Wildman–Crippen LogP) is 2.62. The third kappa shape index (κ3) is 6.31. The molecule has 2 atom stereocenters. The van der Waals surface area contributed by atoms with Gasteiger partial charge in [-0.15, -0.1) is 5.10 Å². The first-order chi connectivity index (χ1) is 13.2. The Morgan fingerprint density at radius 3 is 2.50 bits per heavy atom. The summed E-state index contributed by atoms with van der Waals surface area (Å²) in [5, 5.41) is 29.3. The molecule has 0 amide bonds. The lowest BCUT2D eigenvalue weighted by Crippen LogP contribution is -2.21. The van der Waals surface area contributed by atoms with Gasteiger partial charge in [-0.1, -0.05) is 35.0 Å². The van der Waals surface area contributed by atoms with Crippen LogP contribution in [0, 0.1) is 6.92 Å². The van der Waals surface area contributed by atoms with Gasteiger partial charge in [0.05, 0.1) is 12.2 Å². The maximum absolute atomic E-state index is 10.6. The summed E-state index contributed by atoms with van der Waals surface area (Å²) in [4.78, 5) is 8.90. The number of aliphatic hydroxyl groups excluding tert-OH is 1. The van der Waals surface area contributed by atoms with Crippen LogP contribution >= 0.6 is 0 Å². The zero-order valence-corrected chi connectivity index (χ0v) is 15.4. The van der Waals surface area contributed by atoms with Crippen molar-refractivity contribution in [1.29, 1.82) is 0 Å². The van der Waals surface area contributed by atoms with Crippen LogP contribution in [-0.4, -0.2) is 50.4 Å². The van der Waals surface area contributed by atoms with Crippen molar-refractivity contribution in [2.45, 2.75) is 44.5 Å². The molecule has 0 radical (unpaired) electrons. The molecule has 1 fully saturated rings. The fourth-order valence-corrected chi connectivity index (χ4v) is 2.78. The number of aliphatic hydroxyl groups is 1. The van der Waals surface area contributed by atoms with Crippen molar-refractivity contribution in [1.82, 2.24) is 20.3 Å². The maximum atomic E-state index is 10.6. The molecule has 2 aromatic rings. The highest BCUT2D eigenvalue weighted by atomic mass is 19.4. The van der Waals surface area contributed by atoms with E-state index >= 15 is 0 Å². The van der Waals surface area contributed by atoms with E-state index in [-0.39, 0.29) is 0 Å². The van der Waals surface area contributed by atoms with Crippen LogP contribution in [-0.2, 0) is 4.79 Å². The molecule has 7 nitrogen and oxygen atoms in total. The first-order valence-electron chi connectivity index (χ1n) is 8.85. The molecule has 1 aromatic carbocycles. The van der Waals surface area contributed by atoms with Gasteiger partial charge in [0.1, 0.15) is 11.8 Å². The maximum Gasteiger partial charge on any atom is 0.490 e. The number of alkyl halides is 3. The first-order valence-corrected chi connectivity index (χ1v) is 8.85. The average Bonchev–Trinajstić information content (AvgIpc) is 2.97. The van der Waals surface area contributed by atoms with Crippen LogP contribution < -0.4 is 5.32 Å². The number of rotatable bonds is 3. The highest BCUT2D eigenvalue weighted by Crippen LogP contribution is 2.23. The molecule has 1 aliphatic rings. The predicted molar refractivity (Wildman–Crippen MR) is 94.7 cm³/mol. The largest absolute Gasteiger partial charge is 0.490 e. The molecule has 0 saturated carbocycles. The number of carboxylic acids is 1. The number of carbonyl (C=O) groups is 1. The number of hydrogen-bond acceptors (Lipinski definition) is 5. The summed E-state index contributed by atoms with van der Waals surface area (Å²) in [5.41, 5.74) is 2.66. The number of nitrogens with zero attached hydrogens (tertiary/aromatic N) is 3. The average molecular weight is 400 g/mol. The van der Waals surface area contributed by atoms with E-state index < -0.39 is 18.2 Å². The van der Waals surface area contributed by atoms with Crippen LogP contribution in [0.25, 0.3) is 0 Å². The molecule has 28 heavy (non-hydrogen) atoms. The van der Waals surface area contributed by atoms with E-state index in [2.05, 4.69) is 15.6 Å². The zero-order valence-electron chi connectivity index (χ0n) is 15.4. The zero-order chi connectivity index (χ0) is 20.7. The number of aliphatic carboxylic acids is 1. The van der Waals surface area contributed by atoms with Crippen LogP contribution in [0.5, 0.6) is 0 Å². The smallest absolute Gasteiger partial charge is 0.475 e. The normalized spacial score (nSPS) is 18.5. The number of aryl methyl sites for hydroxylation is 1. The highest BCUT2D eigenvalue weighted by molar-refractivity contribution is 5.73. The van der Waals surface area contributed by atoms with Gasteiger partial charge in [-0.05, 0) is 44.8 Å². The molecular weight excluding hydrogens is 377 g/mol. The second-order valence-electron chi connectivity index (χ2n) is 6.57. The van der Waals surface area contributed by atoms with Gasteiger partial charge in [0, 0.05) is 0 Å². The molecule has 0 bridgehead atoms. The molecule has 1 aromatic heterocycles. The Morgan fingerprint density at radius 1 is 1.25 bits per heavy atom. The molecule has 1 saturated heterocycles. The summed E-state index contributed by atoms with van der Waals surface area (Å²) in [6.07, 6.45) is -0.580. The minimum atomic E-state index is -5.08. The molecule has 3 rings (SSSR count). The summed E-state index contributed by atoms with van der Waals surface area (Å²) >= 11 is 0. The molecule has 0 aliphatic carbocycles. The summed E-state index contributed by atoms with van der Waals surface area (Å²) < 4.78 is 33.7. The summed E-state index contributed by atoms with van der Waals surface area (Å²) in [6.45, 7) is 4.12. The van der Waals surface area contributed by atoms with Gasteiger partial charge in [-0.25, -0.2) is 9.48 Å². The number of hydrogen-bond donors (Lipinski definition) is 3. The van der Waals surface area contributed by atoms with Gasteiger partial charge in [-0.2, -0.15) is 13.2 Å². The molecule has 10 heteroatoms. The van der Waals surface area contributed by atoms with Crippen molar-refractivity contribution in [2.24, 2.45) is 0 Å². The topological polar surface area (TPSA) is 100 Å². The minimum Gasteiger partial charge on any atom is -0.475 e. The number of carboxylic acid groups (broad SMARTS) is 1. The van der Waals surface area contributed by atoms with Gasteiger partial charge in [0.25, 0.3) is 0 Å². The van der Waals surface area contributed by atoms with E-state index in [9.17, 15) is 18.3 Å². The number of halogens is 3. The van der Waals surface area contributed by atoms with Crippen LogP contribution in [0.1, 0.15) is 48.2 Å². The van der Waals surface area contributed by atoms with Crippen molar-refractivity contribution in [3.63, 3.8) is 0 Å². The molecule has 2 heterocycles. The monoisotopic (exact) mass is 400 g/mol. The van der Waals surface area contributed by atoms with Gasteiger partial charge in [0.2, 0.25) is 0 Å². The van der Waals surface area contributed by atoms with E-state index in [1.165, 1.54) is 5.56 Å². The number of benzene rings is 1. The van der Waals surface area contributed by atoms with Crippen LogP contribution in [0.3, 0.4) is 0 Å². The third-order valence-corrected chi connectivity index (χ3v) is 4.36. The summed E-state index contributed by atoms with van der Waals surface area (Å²) in [7, 11) is 0. The lowest BCUT2D eigenvalue weighted by Gasteiger charge is -2.13. The van der Waals surface area contributed by atoms with Crippen LogP contribution in [0.2, 0.25) is 0 Å². The Balaban J connectivity index is 0.000000345. The second-order valence-corrected chi connectivity index (χ2v) is 6.57. The molecule has 0 spiro atoms. The molecule has 3 N–H and O–H groups in total. The lowest BCUT2D eigenvalue weighted by molar-refractivity contribution is -0.192. The first kappa shape index (κ1) is 21.8. The van der Waals surface area contributed by atoms with Crippen molar-refractivity contribution in [3.8, 4) is 0 Å². The van der Waals surface area contributed by atoms with E-state index in [4.69, 9.17) is 9.90 Å². The van der Waals surface area contributed by atoms with Crippen LogP contribution in [0.4, 0.5) is 13.2 Å². The second kappa shape index (κ2) is 9.65. The van der Waals surface area contributed by atoms with Crippen molar-refractivity contribution in [3.05, 3.63) is 47.3 Å². The fraction of sp³-hybridized carbons (Fsp3) is 0.500. The fourth-order valence-electron chi connectivity index (χ4n) is 2.78. The summed E-state index contributed by atoms with van der Waals surface area (Å²) in [5.74, 6) is -2.76. The SMILES string of the molecule is Cc1ccc(C(O)c2cn(C3CCCNCC3)nn2)cc1.O=C(O)C(F)(F)F. The molecule has 1 aliphatic heterocycles. The highest BCUT2D eigenvalue weighted by Gasteiger charge is 2.38. The molecule has 154 valence electrons. The molecule has 2 unspecified atom stereocenters. The number of nitrogens with one attached hydrogen (secondary N) is 1. The van der Waals surface area contributed by atoms with Crippen molar-refractivity contribution >= 4 is 5.97 Å². The Bertz CT molecular complexity index is 754. The van der Waals surface area contributed by atoms with Gasteiger partial charge in [0.15, 0.2) is 0 Å². The Kier molecular flexibility index (Phi) is 7.53. The lowest BCUT2D eigenvalue weighted by atomic mass is 10.1. The van der Waals surface area contributed by atoms with Crippen molar-refractivity contribution < 1.29 is 28.2 Å². The Morgan fingerprint density at radius 2 is 1.89 bits per heavy atom. The Labute approximate surface area is 160 Å². The van der Waals surface area contributed by atoms with Crippen molar-refractivity contribution in [2.75, 3.05) is 13.1 Å². The Hall–Kier alpha value is -2.46. The third-order valence-electron chi connectivity index (χ3n) is 4.36. The van der Waals surface area contributed by atoms with E-state index in [1.807, 2.05) is 42.1 Å². The van der Waals surface area contributed by atoms with E-state index in [0.29, 0.717) is 11.7 Å². The van der Waals surface area contributed by atoms with E-state index in [0.717, 1.165) is 37.9 Å². The summed E-state index contributed by atoms with van der Waals surface area (Å²) in [6, 6.07) is 8.26. The number of aromatic nitrogens is 3. The minimum absolute atomic E-state index is 0.381. The standard InChI is InChI=1S/C16H22N4O.C2HF3O2/c1-12-4-6-13(7-5-12)16(21)15-11-20(19-18-15)14-3-2-9-17-10-8-14;3-2(4,5)1(6)7/h4-7,11,14,16-17,21H,2-3,8-10H2,1H3;(H,6,7). The van der Waals surface area contributed by atoms with Gasteiger partial charge < -0.3 is 15.5 Å². The quantitative estimate of drug-likeness (QED) is 0.732.